The minimum absolute atomic E-state index is 0.687. The van der Waals surface area contributed by atoms with Crippen molar-refractivity contribution in [2.45, 2.75) is 46.1 Å². The topological polar surface area (TPSA) is 28.2 Å². The number of aromatic nitrogens is 1. The summed E-state index contributed by atoms with van der Waals surface area (Å²) in [6, 6.07) is 5.01. The Kier molecular flexibility index (Phi) is 4.45. The number of pyridine rings is 1. The first kappa shape index (κ1) is 13.2. The van der Waals surface area contributed by atoms with Crippen LogP contribution in [0.25, 0.3) is 0 Å². The number of nitrogens with one attached hydrogen (secondary N) is 1. The molecule has 3 nitrogen and oxygen atoms in total. The molecule has 18 heavy (non-hydrogen) atoms. The lowest BCUT2D eigenvalue weighted by molar-refractivity contribution is 0.492. The lowest BCUT2D eigenvalue weighted by atomic mass is 10.0. The van der Waals surface area contributed by atoms with Crippen molar-refractivity contribution in [2.24, 2.45) is 5.92 Å². The lowest BCUT2D eigenvalue weighted by Crippen LogP contribution is -2.33. The molecular formula is C15H25N3. The fourth-order valence-corrected chi connectivity index (χ4v) is 2.75. The van der Waals surface area contributed by atoms with E-state index in [1.54, 1.807) is 0 Å². The molecule has 0 spiro atoms. The Bertz CT molecular complexity index is 376. The van der Waals surface area contributed by atoms with Gasteiger partial charge in [0.2, 0.25) is 0 Å². The fourth-order valence-electron chi connectivity index (χ4n) is 2.75. The Morgan fingerprint density at radius 3 is 3.06 bits per heavy atom. The maximum absolute atomic E-state index is 4.38. The fraction of sp³-hybridized carbons (Fsp3) is 0.667. The molecule has 0 aliphatic carbocycles. The lowest BCUT2D eigenvalue weighted by Gasteiger charge is -2.29. The summed E-state index contributed by atoms with van der Waals surface area (Å²) in [7, 11) is 0. The molecule has 1 aliphatic rings. The number of anilines is 2. The summed E-state index contributed by atoms with van der Waals surface area (Å²) in [6.45, 7) is 8.98. The highest BCUT2D eigenvalue weighted by molar-refractivity contribution is 5.55. The third-order valence-corrected chi connectivity index (χ3v) is 3.70. The molecule has 1 aromatic heterocycles. The van der Waals surface area contributed by atoms with Crippen molar-refractivity contribution < 1.29 is 0 Å². The highest BCUT2D eigenvalue weighted by Crippen LogP contribution is 2.30. The van der Waals surface area contributed by atoms with E-state index < -0.39 is 0 Å². The average Bonchev–Trinajstić information content (AvgIpc) is 2.86. The van der Waals surface area contributed by atoms with Gasteiger partial charge in [0.25, 0.3) is 0 Å². The summed E-state index contributed by atoms with van der Waals surface area (Å²) in [5.74, 6) is 1.72. The van der Waals surface area contributed by atoms with Crippen LogP contribution in [-0.2, 0) is 0 Å². The molecule has 1 aromatic rings. The Morgan fingerprint density at radius 1 is 1.50 bits per heavy atom. The van der Waals surface area contributed by atoms with Crippen LogP contribution in [0.5, 0.6) is 0 Å². The van der Waals surface area contributed by atoms with Crippen molar-refractivity contribution in [2.75, 3.05) is 23.3 Å². The first-order chi connectivity index (χ1) is 8.72. The van der Waals surface area contributed by atoms with E-state index in [-0.39, 0.29) is 0 Å². The Morgan fingerprint density at radius 2 is 2.33 bits per heavy atom. The second-order valence-corrected chi connectivity index (χ2v) is 5.47. The zero-order valence-corrected chi connectivity index (χ0v) is 11.8. The van der Waals surface area contributed by atoms with Gasteiger partial charge >= 0.3 is 0 Å². The molecule has 1 aliphatic heterocycles. The van der Waals surface area contributed by atoms with Gasteiger partial charge in [-0.3, -0.25) is 0 Å². The number of hydrogen-bond acceptors (Lipinski definition) is 3. The van der Waals surface area contributed by atoms with E-state index in [1.807, 2.05) is 6.20 Å². The van der Waals surface area contributed by atoms with E-state index in [0.717, 1.165) is 18.8 Å². The van der Waals surface area contributed by atoms with Crippen LogP contribution in [0, 0.1) is 5.92 Å². The minimum atomic E-state index is 0.687. The van der Waals surface area contributed by atoms with E-state index in [9.17, 15) is 0 Å². The van der Waals surface area contributed by atoms with Crippen molar-refractivity contribution in [3.8, 4) is 0 Å². The van der Waals surface area contributed by atoms with Gasteiger partial charge in [-0.2, -0.15) is 0 Å². The molecule has 2 rings (SSSR count). The minimum Gasteiger partial charge on any atom is -0.370 e. The van der Waals surface area contributed by atoms with E-state index in [2.05, 4.69) is 48.1 Å². The van der Waals surface area contributed by atoms with Crippen LogP contribution in [0.15, 0.2) is 18.3 Å². The van der Waals surface area contributed by atoms with Crippen molar-refractivity contribution in [1.29, 1.82) is 0 Å². The quantitative estimate of drug-likeness (QED) is 0.862. The second-order valence-electron chi connectivity index (χ2n) is 5.47. The van der Waals surface area contributed by atoms with Crippen LogP contribution in [0.2, 0.25) is 0 Å². The van der Waals surface area contributed by atoms with Gasteiger partial charge in [-0.05, 0) is 31.2 Å². The number of nitrogens with zero attached hydrogens (tertiary/aromatic N) is 2. The Labute approximate surface area is 111 Å². The smallest absolute Gasteiger partial charge is 0.127 e. The first-order valence-corrected chi connectivity index (χ1v) is 7.19. The van der Waals surface area contributed by atoms with Crippen molar-refractivity contribution in [3.05, 3.63) is 18.3 Å². The van der Waals surface area contributed by atoms with E-state index >= 15 is 0 Å². The predicted molar refractivity (Wildman–Crippen MR) is 78.2 cm³/mol. The summed E-state index contributed by atoms with van der Waals surface area (Å²) in [5, 5.41) is 3.36. The van der Waals surface area contributed by atoms with Crippen LogP contribution in [0.1, 0.15) is 40.0 Å². The second kappa shape index (κ2) is 6.07. The Hall–Kier alpha value is -1.25. The van der Waals surface area contributed by atoms with Crippen molar-refractivity contribution in [1.82, 2.24) is 4.98 Å². The summed E-state index contributed by atoms with van der Waals surface area (Å²) in [6.07, 6.45) is 5.67. The molecule has 0 bridgehead atoms. The SMILES string of the molecule is CCCNc1cc(N2CCCC2C(C)C)ccn1. The van der Waals surface area contributed by atoms with Crippen molar-refractivity contribution in [3.63, 3.8) is 0 Å². The third-order valence-electron chi connectivity index (χ3n) is 3.70. The molecule has 1 atom stereocenters. The molecule has 0 amide bonds. The van der Waals surface area contributed by atoms with Crippen molar-refractivity contribution >= 4 is 11.5 Å². The van der Waals surface area contributed by atoms with Gasteiger partial charge in [0.05, 0.1) is 0 Å². The summed E-state index contributed by atoms with van der Waals surface area (Å²) >= 11 is 0. The molecular weight excluding hydrogens is 222 g/mol. The average molecular weight is 247 g/mol. The van der Waals surface area contributed by atoms with Gasteiger partial charge in [-0.25, -0.2) is 4.98 Å². The zero-order valence-electron chi connectivity index (χ0n) is 11.8. The predicted octanol–water partition coefficient (Wildman–Crippen LogP) is 3.53. The van der Waals surface area contributed by atoms with E-state index in [4.69, 9.17) is 0 Å². The molecule has 3 heteroatoms. The zero-order chi connectivity index (χ0) is 13.0. The highest BCUT2D eigenvalue weighted by atomic mass is 15.2. The summed E-state index contributed by atoms with van der Waals surface area (Å²) in [5.41, 5.74) is 1.32. The van der Waals surface area contributed by atoms with Gasteiger partial charge in [0.1, 0.15) is 5.82 Å². The van der Waals surface area contributed by atoms with E-state index in [1.165, 1.54) is 25.1 Å². The number of hydrogen-bond donors (Lipinski definition) is 1. The third kappa shape index (κ3) is 2.95. The van der Waals surface area contributed by atoms with Gasteiger partial charge in [0, 0.05) is 37.1 Å². The van der Waals surface area contributed by atoms with Crippen LogP contribution >= 0.6 is 0 Å². The molecule has 100 valence electrons. The first-order valence-electron chi connectivity index (χ1n) is 7.19. The van der Waals surface area contributed by atoms with Gasteiger partial charge < -0.3 is 10.2 Å². The molecule has 0 radical (unpaired) electrons. The van der Waals surface area contributed by atoms with Gasteiger partial charge in [0.15, 0.2) is 0 Å². The van der Waals surface area contributed by atoms with Crippen LogP contribution in [-0.4, -0.2) is 24.1 Å². The van der Waals surface area contributed by atoms with Crippen LogP contribution < -0.4 is 10.2 Å². The molecule has 0 aromatic carbocycles. The largest absolute Gasteiger partial charge is 0.370 e. The monoisotopic (exact) mass is 247 g/mol. The molecule has 2 heterocycles. The molecule has 1 fully saturated rings. The Balaban J connectivity index is 2.12. The van der Waals surface area contributed by atoms with Gasteiger partial charge in [-0.15, -0.1) is 0 Å². The van der Waals surface area contributed by atoms with Crippen LogP contribution in [0.4, 0.5) is 11.5 Å². The molecule has 1 N–H and O–H groups in total. The maximum Gasteiger partial charge on any atom is 0.127 e. The normalized spacial score (nSPS) is 19.6. The summed E-state index contributed by atoms with van der Waals surface area (Å²) in [4.78, 5) is 6.93. The van der Waals surface area contributed by atoms with E-state index in [0.29, 0.717) is 12.0 Å². The molecule has 1 unspecified atom stereocenters. The standard InChI is InChI=1S/C15H25N3/c1-4-8-16-15-11-13(7-9-17-15)18-10-5-6-14(18)12(2)3/h7,9,11-12,14H,4-6,8,10H2,1-3H3,(H,16,17). The summed E-state index contributed by atoms with van der Waals surface area (Å²) < 4.78 is 0. The molecule has 0 saturated carbocycles. The highest BCUT2D eigenvalue weighted by Gasteiger charge is 2.27. The maximum atomic E-state index is 4.38. The van der Waals surface area contributed by atoms with Gasteiger partial charge in [-0.1, -0.05) is 20.8 Å². The van der Waals surface area contributed by atoms with Crippen LogP contribution in [0.3, 0.4) is 0 Å². The number of rotatable bonds is 5. The molecule has 1 saturated heterocycles.